The van der Waals surface area contributed by atoms with Gasteiger partial charge in [-0.3, -0.25) is 9.48 Å². The minimum atomic E-state index is 0.0178. The molecule has 2 aromatic heterocycles. The maximum atomic E-state index is 12.8. The van der Waals surface area contributed by atoms with Crippen molar-refractivity contribution in [2.24, 2.45) is 13.0 Å². The molecule has 1 aliphatic rings. The van der Waals surface area contributed by atoms with Crippen LogP contribution in [0.1, 0.15) is 48.7 Å². The Morgan fingerprint density at radius 2 is 2.21 bits per heavy atom. The van der Waals surface area contributed by atoms with Crippen molar-refractivity contribution in [2.45, 2.75) is 32.7 Å². The molecule has 1 amide bonds. The third-order valence-corrected chi connectivity index (χ3v) is 4.17. The van der Waals surface area contributed by atoms with Crippen molar-refractivity contribution in [1.29, 1.82) is 0 Å². The average molecular weight is 328 g/mol. The topological polar surface area (TPSA) is 60.2 Å². The van der Waals surface area contributed by atoms with Crippen molar-refractivity contribution in [1.82, 2.24) is 19.7 Å². The van der Waals surface area contributed by atoms with Gasteiger partial charge in [-0.15, -0.1) is 0 Å². The highest BCUT2D eigenvalue weighted by molar-refractivity contribution is 5.94. The minimum absolute atomic E-state index is 0.0178. The first kappa shape index (κ1) is 16.5. The van der Waals surface area contributed by atoms with Crippen molar-refractivity contribution >= 4 is 5.91 Å². The average Bonchev–Trinajstić information content (AvgIpc) is 3.21. The van der Waals surface area contributed by atoms with Crippen molar-refractivity contribution in [3.8, 4) is 5.88 Å². The molecule has 0 N–H and O–H groups in total. The van der Waals surface area contributed by atoms with Gasteiger partial charge in [0.2, 0.25) is 5.88 Å². The lowest BCUT2D eigenvalue weighted by Crippen LogP contribution is -2.30. The molecule has 128 valence electrons. The van der Waals surface area contributed by atoms with Crippen molar-refractivity contribution in [3.05, 3.63) is 41.9 Å². The molecule has 2 aromatic rings. The molecule has 0 aliphatic carbocycles. The summed E-state index contributed by atoms with van der Waals surface area (Å²) < 4.78 is 7.35. The highest BCUT2D eigenvalue weighted by Gasteiger charge is 2.31. The number of likely N-dealkylation sites (tertiary alicyclic amines) is 1. The molecule has 0 saturated carbocycles. The van der Waals surface area contributed by atoms with Gasteiger partial charge < -0.3 is 9.64 Å². The lowest BCUT2D eigenvalue weighted by atomic mass is 10.1. The molecule has 0 spiro atoms. The summed E-state index contributed by atoms with van der Waals surface area (Å²) in [7, 11) is 1.89. The number of ether oxygens (including phenoxy) is 1. The smallest absolute Gasteiger partial charge is 0.255 e. The molecule has 3 heterocycles. The highest BCUT2D eigenvalue weighted by atomic mass is 16.5. The summed E-state index contributed by atoms with van der Waals surface area (Å²) >= 11 is 0. The van der Waals surface area contributed by atoms with E-state index >= 15 is 0 Å². The molecule has 1 fully saturated rings. The van der Waals surface area contributed by atoms with Crippen LogP contribution in [0.2, 0.25) is 0 Å². The Hall–Kier alpha value is -2.37. The van der Waals surface area contributed by atoms with Gasteiger partial charge in [0, 0.05) is 37.6 Å². The first-order valence-corrected chi connectivity index (χ1v) is 8.43. The molecule has 1 unspecified atom stereocenters. The molecule has 24 heavy (non-hydrogen) atoms. The van der Waals surface area contributed by atoms with Gasteiger partial charge >= 0.3 is 0 Å². The first-order valence-electron chi connectivity index (χ1n) is 8.43. The fourth-order valence-electron chi connectivity index (χ4n) is 2.98. The number of rotatable bonds is 5. The lowest BCUT2D eigenvalue weighted by Gasteiger charge is -2.24. The summed E-state index contributed by atoms with van der Waals surface area (Å²) in [4.78, 5) is 19.0. The van der Waals surface area contributed by atoms with Gasteiger partial charge in [0.05, 0.1) is 24.4 Å². The van der Waals surface area contributed by atoms with Crippen molar-refractivity contribution < 1.29 is 9.53 Å². The van der Waals surface area contributed by atoms with Gasteiger partial charge in [0.15, 0.2) is 0 Å². The Bertz CT molecular complexity index is 693. The summed E-state index contributed by atoms with van der Waals surface area (Å²) in [5, 5.41) is 4.22. The molecular weight excluding hydrogens is 304 g/mol. The van der Waals surface area contributed by atoms with E-state index in [2.05, 4.69) is 23.9 Å². The minimum Gasteiger partial charge on any atom is -0.477 e. The van der Waals surface area contributed by atoms with Crippen LogP contribution >= 0.6 is 0 Å². The Morgan fingerprint density at radius 3 is 2.83 bits per heavy atom. The number of pyridine rings is 1. The van der Waals surface area contributed by atoms with E-state index in [0.29, 0.717) is 24.0 Å². The summed E-state index contributed by atoms with van der Waals surface area (Å²) in [5.41, 5.74) is 1.69. The van der Waals surface area contributed by atoms with E-state index in [1.165, 1.54) is 0 Å². The number of hydrogen-bond acceptors (Lipinski definition) is 4. The van der Waals surface area contributed by atoms with E-state index in [1.807, 2.05) is 24.3 Å². The van der Waals surface area contributed by atoms with Gasteiger partial charge in [-0.05, 0) is 24.8 Å². The molecule has 0 radical (unpaired) electrons. The summed E-state index contributed by atoms with van der Waals surface area (Å²) in [6, 6.07) is 3.66. The molecule has 3 rings (SSSR count). The van der Waals surface area contributed by atoms with Crippen LogP contribution in [-0.4, -0.2) is 38.7 Å². The van der Waals surface area contributed by atoms with E-state index in [4.69, 9.17) is 4.74 Å². The Kier molecular flexibility index (Phi) is 4.83. The summed E-state index contributed by atoms with van der Waals surface area (Å²) in [5.74, 6) is 1.02. The molecule has 6 nitrogen and oxygen atoms in total. The largest absolute Gasteiger partial charge is 0.477 e. The standard InChI is InChI=1S/C18H24N4O2/c1-13(2)12-24-17-7-6-14(9-19-17)18(23)22-8-4-5-16(22)15-10-20-21(3)11-15/h6-7,9-11,13,16H,4-5,8,12H2,1-3H3. The first-order chi connectivity index (χ1) is 11.5. The summed E-state index contributed by atoms with van der Waals surface area (Å²) in [6.07, 6.45) is 7.42. The van der Waals surface area contributed by atoms with E-state index in [1.54, 1.807) is 23.0 Å². The zero-order valence-electron chi connectivity index (χ0n) is 14.5. The lowest BCUT2D eigenvalue weighted by molar-refractivity contribution is 0.0735. The third kappa shape index (κ3) is 3.58. The van der Waals surface area contributed by atoms with Crippen LogP contribution in [0.5, 0.6) is 5.88 Å². The van der Waals surface area contributed by atoms with Gasteiger partial charge in [-0.2, -0.15) is 5.10 Å². The molecule has 1 aliphatic heterocycles. The molecule has 6 heteroatoms. The van der Waals surface area contributed by atoms with Gasteiger partial charge in [0.25, 0.3) is 5.91 Å². The second-order valence-electron chi connectivity index (χ2n) is 6.69. The predicted octanol–water partition coefficient (Wildman–Crippen LogP) is 2.83. The normalized spacial score (nSPS) is 17.5. The molecule has 0 bridgehead atoms. The third-order valence-electron chi connectivity index (χ3n) is 4.17. The number of aryl methyl sites for hydroxylation is 1. The molecule has 1 atom stereocenters. The molecule has 1 saturated heterocycles. The van der Waals surface area contributed by atoms with E-state index < -0.39 is 0 Å². The number of aromatic nitrogens is 3. The molecular formula is C18H24N4O2. The Labute approximate surface area is 142 Å². The van der Waals surface area contributed by atoms with Crippen molar-refractivity contribution in [3.63, 3.8) is 0 Å². The van der Waals surface area contributed by atoms with E-state index in [9.17, 15) is 4.79 Å². The second-order valence-corrected chi connectivity index (χ2v) is 6.69. The van der Waals surface area contributed by atoms with Crippen molar-refractivity contribution in [2.75, 3.05) is 13.2 Å². The zero-order chi connectivity index (χ0) is 17.1. The second kappa shape index (κ2) is 7.03. The van der Waals surface area contributed by atoms with Crippen LogP contribution in [0.25, 0.3) is 0 Å². The van der Waals surface area contributed by atoms with Crippen LogP contribution in [0, 0.1) is 5.92 Å². The predicted molar refractivity (Wildman–Crippen MR) is 90.8 cm³/mol. The highest BCUT2D eigenvalue weighted by Crippen LogP contribution is 2.32. The Balaban J connectivity index is 1.71. The van der Waals surface area contributed by atoms with Crippen LogP contribution < -0.4 is 4.74 Å². The Morgan fingerprint density at radius 1 is 1.38 bits per heavy atom. The van der Waals surface area contributed by atoms with Gasteiger partial charge in [0.1, 0.15) is 0 Å². The fraction of sp³-hybridized carbons (Fsp3) is 0.500. The number of carbonyl (C=O) groups is 1. The van der Waals surface area contributed by atoms with Crippen LogP contribution in [0.15, 0.2) is 30.7 Å². The quantitative estimate of drug-likeness (QED) is 0.847. The van der Waals surface area contributed by atoms with Gasteiger partial charge in [-0.1, -0.05) is 13.8 Å². The van der Waals surface area contributed by atoms with Crippen LogP contribution in [0.4, 0.5) is 0 Å². The number of carbonyl (C=O) groups excluding carboxylic acids is 1. The van der Waals surface area contributed by atoms with Crippen LogP contribution in [-0.2, 0) is 7.05 Å². The van der Waals surface area contributed by atoms with E-state index in [0.717, 1.165) is 24.9 Å². The zero-order valence-corrected chi connectivity index (χ0v) is 14.5. The van der Waals surface area contributed by atoms with E-state index in [-0.39, 0.29) is 11.9 Å². The maximum absolute atomic E-state index is 12.8. The number of hydrogen-bond donors (Lipinski definition) is 0. The monoisotopic (exact) mass is 328 g/mol. The molecule has 0 aromatic carbocycles. The number of amides is 1. The van der Waals surface area contributed by atoms with Crippen LogP contribution in [0.3, 0.4) is 0 Å². The fourth-order valence-corrected chi connectivity index (χ4v) is 2.98. The SMILES string of the molecule is CC(C)COc1ccc(C(=O)N2CCCC2c2cnn(C)c2)cn1. The maximum Gasteiger partial charge on any atom is 0.255 e. The number of nitrogens with zero attached hydrogens (tertiary/aromatic N) is 4. The summed E-state index contributed by atoms with van der Waals surface area (Å²) in [6.45, 7) is 5.56. The van der Waals surface area contributed by atoms with Gasteiger partial charge in [-0.25, -0.2) is 4.98 Å².